The second-order valence-electron chi connectivity index (χ2n) is 4.72. The monoisotopic (exact) mass is 346 g/mol. The van der Waals surface area contributed by atoms with Gasteiger partial charge in [0, 0.05) is 9.86 Å². The quantitative estimate of drug-likeness (QED) is 0.747. The summed E-state index contributed by atoms with van der Waals surface area (Å²) < 4.78 is 6.67. The van der Waals surface area contributed by atoms with Crippen LogP contribution in [0.15, 0.2) is 45.3 Å². The van der Waals surface area contributed by atoms with E-state index in [0.717, 1.165) is 20.9 Å². The maximum atomic E-state index is 5.61. The minimum absolute atomic E-state index is 0.0229. The molecule has 2 aromatic carbocycles. The molecule has 0 aliphatic rings. The van der Waals surface area contributed by atoms with Crippen LogP contribution in [0.2, 0.25) is 0 Å². The minimum Gasteiger partial charge on any atom is -0.406 e. The van der Waals surface area contributed by atoms with Crippen LogP contribution in [-0.2, 0) is 0 Å². The van der Waals surface area contributed by atoms with Crippen molar-refractivity contribution in [3.8, 4) is 0 Å². The Morgan fingerprint density at radius 3 is 2.62 bits per heavy atom. The molecule has 1 aromatic heterocycles. The highest BCUT2D eigenvalue weighted by Crippen LogP contribution is 2.31. The van der Waals surface area contributed by atoms with Crippen molar-refractivity contribution in [3.63, 3.8) is 0 Å². The molecule has 0 amide bonds. The second-order valence-corrected chi connectivity index (χ2v) is 5.58. The lowest BCUT2D eigenvalue weighted by Crippen LogP contribution is -2.12. The molecular weight excluding hydrogens is 332 g/mol. The molecule has 0 saturated heterocycles. The molecule has 108 valence electrons. The fraction of sp³-hybridized carbons (Fsp3) is 0.200. The van der Waals surface area contributed by atoms with Crippen molar-refractivity contribution in [2.45, 2.75) is 13.0 Å². The van der Waals surface area contributed by atoms with Gasteiger partial charge in [0.25, 0.3) is 0 Å². The number of fused-ring (bicyclic) bond motifs is 1. The van der Waals surface area contributed by atoms with Gasteiger partial charge < -0.3 is 15.1 Å². The van der Waals surface area contributed by atoms with E-state index in [-0.39, 0.29) is 6.04 Å². The van der Waals surface area contributed by atoms with E-state index in [9.17, 15) is 0 Å². The number of hydrogen-bond acceptors (Lipinski definition) is 5. The van der Waals surface area contributed by atoms with Gasteiger partial charge in [-0.05, 0) is 31.5 Å². The summed E-state index contributed by atoms with van der Waals surface area (Å²) in [5.74, 6) is 0.557. The summed E-state index contributed by atoms with van der Waals surface area (Å²) >= 11 is 3.56. The number of benzene rings is 2. The van der Waals surface area contributed by atoms with Crippen LogP contribution >= 0.6 is 15.9 Å². The van der Waals surface area contributed by atoms with Gasteiger partial charge in [0.1, 0.15) is 0 Å². The first-order chi connectivity index (χ1) is 10.2. The molecule has 3 rings (SSSR count). The zero-order valence-corrected chi connectivity index (χ0v) is 13.3. The number of rotatable bonds is 4. The van der Waals surface area contributed by atoms with E-state index in [1.807, 2.05) is 38.2 Å². The predicted octanol–water partition coefficient (Wildman–Crippen LogP) is 4.01. The van der Waals surface area contributed by atoms with Gasteiger partial charge in [0.05, 0.1) is 11.7 Å². The standard InChI is InChI=1S/C15H15BrN4O/c1-9(17-2)14-19-20-15(21-14)18-13-8-7-12(16)10-5-3-4-6-11(10)13/h3-9,17H,1-2H3,(H,18,20). The molecule has 0 aliphatic heterocycles. The Kier molecular flexibility index (Phi) is 3.90. The lowest BCUT2D eigenvalue weighted by molar-refractivity contribution is 0.443. The molecule has 1 heterocycles. The summed E-state index contributed by atoms with van der Waals surface area (Å²) in [6.45, 7) is 1.96. The third kappa shape index (κ3) is 2.77. The topological polar surface area (TPSA) is 63.0 Å². The Hall–Kier alpha value is -1.92. The van der Waals surface area contributed by atoms with Crippen LogP contribution in [0, 0.1) is 0 Å². The Labute approximate surface area is 130 Å². The van der Waals surface area contributed by atoms with E-state index in [2.05, 4.69) is 48.9 Å². The van der Waals surface area contributed by atoms with Crippen molar-refractivity contribution in [2.75, 3.05) is 12.4 Å². The molecule has 0 bridgehead atoms. The smallest absolute Gasteiger partial charge is 0.320 e. The van der Waals surface area contributed by atoms with Gasteiger partial charge in [-0.3, -0.25) is 0 Å². The van der Waals surface area contributed by atoms with E-state index in [1.54, 1.807) is 0 Å². The summed E-state index contributed by atoms with van der Waals surface area (Å²) in [5.41, 5.74) is 0.932. The van der Waals surface area contributed by atoms with Gasteiger partial charge in [0.15, 0.2) is 0 Å². The van der Waals surface area contributed by atoms with Crippen molar-refractivity contribution in [1.82, 2.24) is 15.5 Å². The maximum Gasteiger partial charge on any atom is 0.320 e. The number of hydrogen-bond donors (Lipinski definition) is 2. The number of nitrogens with zero attached hydrogens (tertiary/aromatic N) is 2. The molecule has 1 unspecified atom stereocenters. The van der Waals surface area contributed by atoms with Crippen LogP contribution in [0.1, 0.15) is 18.9 Å². The van der Waals surface area contributed by atoms with Crippen LogP contribution in [-0.4, -0.2) is 17.2 Å². The number of halogens is 1. The third-order valence-corrected chi connectivity index (χ3v) is 4.05. The molecule has 0 spiro atoms. The Morgan fingerprint density at radius 2 is 1.86 bits per heavy atom. The van der Waals surface area contributed by atoms with Crippen molar-refractivity contribution in [3.05, 3.63) is 46.8 Å². The number of aromatic nitrogens is 2. The molecule has 3 aromatic rings. The highest BCUT2D eigenvalue weighted by atomic mass is 79.9. The first kappa shape index (κ1) is 14.0. The average molecular weight is 347 g/mol. The highest BCUT2D eigenvalue weighted by molar-refractivity contribution is 9.10. The van der Waals surface area contributed by atoms with Gasteiger partial charge in [-0.2, -0.15) is 0 Å². The van der Waals surface area contributed by atoms with Crippen LogP contribution in [0.5, 0.6) is 0 Å². The van der Waals surface area contributed by atoms with Crippen molar-refractivity contribution >= 4 is 38.4 Å². The average Bonchev–Trinajstić information content (AvgIpc) is 2.98. The van der Waals surface area contributed by atoms with E-state index in [0.29, 0.717) is 11.9 Å². The van der Waals surface area contributed by atoms with Crippen LogP contribution in [0.3, 0.4) is 0 Å². The van der Waals surface area contributed by atoms with E-state index in [1.165, 1.54) is 0 Å². The number of anilines is 2. The first-order valence-electron chi connectivity index (χ1n) is 6.64. The van der Waals surface area contributed by atoms with E-state index < -0.39 is 0 Å². The molecule has 0 aliphatic carbocycles. The van der Waals surface area contributed by atoms with E-state index >= 15 is 0 Å². The van der Waals surface area contributed by atoms with Crippen LogP contribution in [0.25, 0.3) is 10.8 Å². The van der Waals surface area contributed by atoms with E-state index in [4.69, 9.17) is 4.42 Å². The summed E-state index contributed by atoms with van der Waals surface area (Å²) in [4.78, 5) is 0. The van der Waals surface area contributed by atoms with Crippen LogP contribution < -0.4 is 10.6 Å². The Morgan fingerprint density at radius 1 is 1.10 bits per heavy atom. The summed E-state index contributed by atoms with van der Waals surface area (Å²) in [6, 6.07) is 12.5. The van der Waals surface area contributed by atoms with Gasteiger partial charge in [-0.1, -0.05) is 45.3 Å². The normalized spacial score (nSPS) is 12.5. The molecule has 0 radical (unpaired) electrons. The second kappa shape index (κ2) is 5.83. The zero-order chi connectivity index (χ0) is 14.8. The molecular formula is C15H15BrN4O. The zero-order valence-electron chi connectivity index (χ0n) is 11.7. The molecule has 0 saturated carbocycles. The molecule has 5 nitrogen and oxygen atoms in total. The molecule has 0 fully saturated rings. The fourth-order valence-corrected chi connectivity index (χ4v) is 2.55. The lowest BCUT2D eigenvalue weighted by atomic mass is 10.1. The summed E-state index contributed by atoms with van der Waals surface area (Å²) in [7, 11) is 1.85. The Bertz CT molecular complexity index is 771. The van der Waals surface area contributed by atoms with Crippen molar-refractivity contribution in [2.24, 2.45) is 0 Å². The van der Waals surface area contributed by atoms with Crippen molar-refractivity contribution in [1.29, 1.82) is 0 Å². The maximum absolute atomic E-state index is 5.61. The lowest BCUT2D eigenvalue weighted by Gasteiger charge is -2.08. The van der Waals surface area contributed by atoms with Crippen molar-refractivity contribution < 1.29 is 4.42 Å². The van der Waals surface area contributed by atoms with Gasteiger partial charge in [-0.25, -0.2) is 0 Å². The first-order valence-corrected chi connectivity index (χ1v) is 7.43. The summed E-state index contributed by atoms with van der Waals surface area (Å²) in [6.07, 6.45) is 0. The fourth-order valence-electron chi connectivity index (χ4n) is 2.07. The molecule has 6 heteroatoms. The summed E-state index contributed by atoms with van der Waals surface area (Å²) in [5, 5.41) is 16.5. The van der Waals surface area contributed by atoms with Gasteiger partial charge >= 0.3 is 6.01 Å². The van der Waals surface area contributed by atoms with Gasteiger partial charge in [0.2, 0.25) is 5.89 Å². The SMILES string of the molecule is CNC(C)c1nnc(Nc2ccc(Br)c3ccccc23)o1. The largest absolute Gasteiger partial charge is 0.406 e. The van der Waals surface area contributed by atoms with Crippen LogP contribution in [0.4, 0.5) is 11.7 Å². The predicted molar refractivity (Wildman–Crippen MR) is 86.7 cm³/mol. The highest BCUT2D eigenvalue weighted by Gasteiger charge is 2.13. The molecule has 2 N–H and O–H groups in total. The number of nitrogens with one attached hydrogen (secondary N) is 2. The minimum atomic E-state index is 0.0229. The molecule has 1 atom stereocenters. The third-order valence-electron chi connectivity index (χ3n) is 3.36. The van der Waals surface area contributed by atoms with Gasteiger partial charge in [-0.15, -0.1) is 5.10 Å². The Balaban J connectivity index is 1.95. The molecule has 21 heavy (non-hydrogen) atoms.